The second-order valence-electron chi connectivity index (χ2n) is 20.0. The topological polar surface area (TPSA) is 48.5 Å². The normalized spacial score (nSPS) is 11.8. The van der Waals surface area contributed by atoms with E-state index in [2.05, 4.69) is 173 Å². The van der Waals surface area contributed by atoms with Crippen molar-refractivity contribution in [1.82, 2.24) is 24.1 Å². The van der Waals surface area contributed by atoms with Gasteiger partial charge in [-0.3, -0.25) is 0 Å². The molecule has 0 aliphatic heterocycles. The second kappa shape index (κ2) is 19.1. The zero-order valence-electron chi connectivity index (χ0n) is 42.7. The molecule has 0 bridgehead atoms. The zero-order valence-corrected chi connectivity index (χ0v) is 42.7. The fourth-order valence-electron chi connectivity index (χ4n) is 11.2. The van der Waals surface area contributed by atoms with E-state index in [1.54, 1.807) is 6.07 Å². The maximum Gasteiger partial charge on any atom is 0.416 e. The molecular weight excluding hydrogens is 980 g/mol. The Bertz CT molecular complexity index is 4430. The molecule has 376 valence electrons. The predicted molar refractivity (Wildman–Crippen MR) is 316 cm³/mol. The summed E-state index contributed by atoms with van der Waals surface area (Å²) in [4.78, 5) is 15.7. The summed E-state index contributed by atoms with van der Waals surface area (Å²) in [5.41, 5.74) is 15.1. The first-order chi connectivity index (χ1) is 38.7. The van der Waals surface area contributed by atoms with Crippen LogP contribution in [0.1, 0.15) is 11.1 Å². The average molecular weight is 1030 g/mol. The van der Waals surface area contributed by atoms with Gasteiger partial charge in [-0.15, -0.1) is 0 Å². The summed E-state index contributed by atoms with van der Waals surface area (Å²) in [5, 5.41) is 4.02. The lowest BCUT2D eigenvalue weighted by Gasteiger charge is -2.18. The Morgan fingerprint density at radius 2 is 0.608 bits per heavy atom. The Kier molecular flexibility index (Phi) is 11.4. The van der Waals surface area contributed by atoms with Gasteiger partial charge in [-0.1, -0.05) is 188 Å². The molecule has 0 N–H and O–H groups in total. The molecule has 3 heterocycles. The fraction of sp³-hybridized carbons (Fsp3) is 0.0282. The molecule has 5 nitrogen and oxygen atoms in total. The van der Waals surface area contributed by atoms with Crippen LogP contribution in [0.3, 0.4) is 0 Å². The lowest BCUT2D eigenvalue weighted by atomic mass is 10.0. The highest BCUT2D eigenvalue weighted by Gasteiger charge is 2.33. The maximum atomic E-state index is 15.3. The van der Waals surface area contributed by atoms with Gasteiger partial charge in [-0.2, -0.15) is 13.2 Å². The smallest absolute Gasteiger partial charge is 0.309 e. The molecule has 0 fully saturated rings. The number of alkyl halides is 3. The number of fused-ring (bicyclic) bond motifs is 6. The van der Waals surface area contributed by atoms with E-state index in [9.17, 15) is 0 Å². The van der Waals surface area contributed by atoms with Gasteiger partial charge in [-0.25, -0.2) is 15.0 Å². The van der Waals surface area contributed by atoms with Crippen molar-refractivity contribution in [3.05, 3.63) is 272 Å². The van der Waals surface area contributed by atoms with Crippen LogP contribution in [0.2, 0.25) is 0 Å². The van der Waals surface area contributed by atoms with Crippen molar-refractivity contribution in [1.29, 1.82) is 0 Å². The van der Waals surface area contributed by atoms with Gasteiger partial charge < -0.3 is 9.13 Å². The van der Waals surface area contributed by atoms with Crippen LogP contribution in [0.25, 0.3) is 134 Å². The first-order valence-electron chi connectivity index (χ1n) is 26.2. The minimum atomic E-state index is -4.68. The molecule has 0 radical (unpaired) electrons. The molecule has 14 aromatic rings. The van der Waals surface area contributed by atoms with Gasteiger partial charge in [-0.05, 0) is 130 Å². The highest BCUT2D eigenvalue weighted by Crippen LogP contribution is 2.44. The van der Waals surface area contributed by atoms with E-state index in [-0.39, 0.29) is 11.4 Å². The summed E-state index contributed by atoms with van der Waals surface area (Å²) >= 11 is 0. The quantitative estimate of drug-likeness (QED) is 0.145. The third-order valence-corrected chi connectivity index (χ3v) is 15.1. The molecule has 3 aromatic heterocycles. The molecule has 14 rings (SSSR count). The molecule has 0 amide bonds. The molecular formula is C71H46F3N5. The molecule has 0 spiro atoms. The van der Waals surface area contributed by atoms with E-state index in [4.69, 9.17) is 15.0 Å². The number of hydrogen-bond donors (Lipinski definition) is 0. The van der Waals surface area contributed by atoms with Gasteiger partial charge in [0.25, 0.3) is 0 Å². The summed E-state index contributed by atoms with van der Waals surface area (Å²) < 4.78 is 50.1. The monoisotopic (exact) mass is 1030 g/mol. The standard InChI is InChI=1S/C71H46F3N5/c1-45-27-33-66(78-62-34-28-51(46-17-7-2-8-18-46)40-56(62)57-41-52(29-35-63(57)78)47-19-9-3-10-20-47)60(39-45)69-75-68(50-25-15-6-16-26-50)76-70(77-69)61-44-55(71(72,73)74)32-38-67(61)79-64-36-30-53(48-21-11-4-12-22-48)42-58(64)59-43-54(31-37-65(59)79)49-23-13-5-14-24-49/h2-44H,1H3. The number of nitrogens with zero attached hydrogens (tertiary/aromatic N) is 5. The zero-order chi connectivity index (χ0) is 53.2. The van der Waals surface area contributed by atoms with Crippen LogP contribution >= 0.6 is 0 Å². The molecule has 0 unspecified atom stereocenters. The molecule has 0 aliphatic carbocycles. The Labute approximate surface area is 453 Å². The third-order valence-electron chi connectivity index (χ3n) is 15.1. The summed E-state index contributed by atoms with van der Waals surface area (Å²) in [6.45, 7) is 2.03. The van der Waals surface area contributed by atoms with Gasteiger partial charge in [0, 0.05) is 38.2 Å². The minimum Gasteiger partial charge on any atom is -0.309 e. The van der Waals surface area contributed by atoms with E-state index in [1.807, 2.05) is 85.8 Å². The maximum absolute atomic E-state index is 15.3. The van der Waals surface area contributed by atoms with Crippen LogP contribution in [-0.4, -0.2) is 24.1 Å². The number of benzene rings is 11. The molecule has 0 saturated heterocycles. The van der Waals surface area contributed by atoms with Gasteiger partial charge in [0.2, 0.25) is 0 Å². The highest BCUT2D eigenvalue weighted by molar-refractivity contribution is 6.13. The predicted octanol–water partition coefficient (Wildman–Crippen LogP) is 19.1. The second-order valence-corrected chi connectivity index (χ2v) is 20.0. The van der Waals surface area contributed by atoms with Crippen LogP contribution in [-0.2, 0) is 6.18 Å². The lowest BCUT2D eigenvalue weighted by Crippen LogP contribution is -2.09. The Morgan fingerprint density at radius 1 is 0.291 bits per heavy atom. The van der Waals surface area contributed by atoms with Crippen molar-refractivity contribution in [2.75, 3.05) is 0 Å². The van der Waals surface area contributed by atoms with Gasteiger partial charge in [0.05, 0.1) is 39.0 Å². The van der Waals surface area contributed by atoms with E-state index in [0.717, 1.165) is 105 Å². The van der Waals surface area contributed by atoms with Crippen LogP contribution in [0, 0.1) is 6.92 Å². The summed E-state index contributed by atoms with van der Waals surface area (Å²) in [6, 6.07) is 86.6. The lowest BCUT2D eigenvalue weighted by molar-refractivity contribution is -0.137. The molecule has 0 atom stereocenters. The van der Waals surface area contributed by atoms with Crippen molar-refractivity contribution in [2.24, 2.45) is 0 Å². The Hall–Kier alpha value is -10.2. The summed E-state index contributed by atoms with van der Waals surface area (Å²) in [5.74, 6) is 0.724. The number of aromatic nitrogens is 5. The van der Waals surface area contributed by atoms with E-state index in [1.165, 1.54) is 6.07 Å². The molecule has 0 aliphatic rings. The molecule has 79 heavy (non-hydrogen) atoms. The first kappa shape index (κ1) is 47.3. The van der Waals surface area contributed by atoms with Crippen molar-refractivity contribution in [3.8, 4) is 90.0 Å². The fourth-order valence-corrected chi connectivity index (χ4v) is 11.2. The van der Waals surface area contributed by atoms with Gasteiger partial charge in [0.1, 0.15) is 0 Å². The van der Waals surface area contributed by atoms with Gasteiger partial charge in [0.15, 0.2) is 17.5 Å². The highest BCUT2D eigenvalue weighted by atomic mass is 19.4. The Morgan fingerprint density at radius 3 is 0.962 bits per heavy atom. The van der Waals surface area contributed by atoms with Crippen LogP contribution in [0.4, 0.5) is 13.2 Å². The van der Waals surface area contributed by atoms with E-state index >= 15 is 13.2 Å². The average Bonchev–Trinajstić information content (AvgIpc) is 4.19. The number of halogens is 3. The van der Waals surface area contributed by atoms with Crippen molar-refractivity contribution < 1.29 is 13.2 Å². The van der Waals surface area contributed by atoms with Crippen LogP contribution in [0.5, 0.6) is 0 Å². The SMILES string of the molecule is Cc1ccc(-n2c3ccc(-c4ccccc4)cc3c3cc(-c4ccccc4)ccc32)c(-c2nc(-c3ccccc3)nc(-c3cc(C(F)(F)F)ccc3-n3c4ccc(-c5ccccc5)cc4c4cc(-c5ccccc5)ccc43)n2)c1. The first-order valence-corrected chi connectivity index (χ1v) is 26.2. The third kappa shape index (κ3) is 8.51. The van der Waals surface area contributed by atoms with Crippen molar-refractivity contribution in [3.63, 3.8) is 0 Å². The van der Waals surface area contributed by atoms with Crippen LogP contribution in [0.15, 0.2) is 261 Å². The molecule has 8 heteroatoms. The van der Waals surface area contributed by atoms with Gasteiger partial charge >= 0.3 is 6.18 Å². The summed E-state index contributed by atoms with van der Waals surface area (Å²) in [6.07, 6.45) is -4.68. The Balaban J connectivity index is 1.03. The summed E-state index contributed by atoms with van der Waals surface area (Å²) in [7, 11) is 0. The van der Waals surface area contributed by atoms with E-state index < -0.39 is 11.7 Å². The largest absolute Gasteiger partial charge is 0.416 e. The van der Waals surface area contributed by atoms with Crippen LogP contribution < -0.4 is 0 Å². The van der Waals surface area contributed by atoms with Crippen molar-refractivity contribution >= 4 is 43.6 Å². The molecule has 11 aromatic carbocycles. The van der Waals surface area contributed by atoms with E-state index in [0.29, 0.717) is 28.5 Å². The molecule has 0 saturated carbocycles. The number of hydrogen-bond acceptors (Lipinski definition) is 3. The van der Waals surface area contributed by atoms with Crippen molar-refractivity contribution in [2.45, 2.75) is 13.1 Å². The minimum absolute atomic E-state index is 0.0939. The number of aryl methyl sites for hydroxylation is 1. The number of rotatable bonds is 9.